The zero-order valence-corrected chi connectivity index (χ0v) is 9.50. The molecule has 0 radical (unpaired) electrons. The molecule has 9 heteroatoms. The van der Waals surface area contributed by atoms with Crippen molar-refractivity contribution < 1.29 is 14.3 Å². The van der Waals surface area contributed by atoms with Gasteiger partial charge in [0.2, 0.25) is 5.95 Å². The molecule has 0 aliphatic rings. The SMILES string of the molecule is N#CCCNC(=O)COC(=O)Cn1cnc(N)n1. The van der Waals surface area contributed by atoms with Gasteiger partial charge >= 0.3 is 5.97 Å². The summed E-state index contributed by atoms with van der Waals surface area (Å²) in [6.07, 6.45) is 1.49. The summed E-state index contributed by atoms with van der Waals surface area (Å²) in [5, 5.41) is 14.3. The summed E-state index contributed by atoms with van der Waals surface area (Å²) in [7, 11) is 0. The average Bonchev–Trinajstić information content (AvgIpc) is 2.72. The molecular formula is C9H12N6O3. The predicted molar refractivity (Wildman–Crippen MR) is 58.6 cm³/mol. The number of aromatic nitrogens is 3. The van der Waals surface area contributed by atoms with Gasteiger partial charge in [-0.05, 0) is 0 Å². The van der Waals surface area contributed by atoms with Crippen LogP contribution in [0.5, 0.6) is 0 Å². The van der Waals surface area contributed by atoms with Crippen molar-refractivity contribution in [1.82, 2.24) is 20.1 Å². The molecule has 9 nitrogen and oxygen atoms in total. The molecular weight excluding hydrogens is 240 g/mol. The highest BCUT2D eigenvalue weighted by Gasteiger charge is 2.08. The number of hydrogen-bond donors (Lipinski definition) is 2. The maximum Gasteiger partial charge on any atom is 0.328 e. The highest BCUT2D eigenvalue weighted by Crippen LogP contribution is 1.91. The Morgan fingerprint density at radius 1 is 1.61 bits per heavy atom. The molecule has 0 spiro atoms. The van der Waals surface area contributed by atoms with Crippen molar-refractivity contribution in [3.63, 3.8) is 0 Å². The Kier molecular flexibility index (Phi) is 5.11. The van der Waals surface area contributed by atoms with Gasteiger partial charge in [-0.2, -0.15) is 5.26 Å². The lowest BCUT2D eigenvalue weighted by Crippen LogP contribution is -2.30. The van der Waals surface area contributed by atoms with Crippen LogP contribution < -0.4 is 11.1 Å². The van der Waals surface area contributed by atoms with E-state index in [4.69, 9.17) is 11.0 Å². The number of nitriles is 1. The summed E-state index contributed by atoms with van der Waals surface area (Å²) in [5.74, 6) is -1.04. The van der Waals surface area contributed by atoms with E-state index in [1.807, 2.05) is 6.07 Å². The predicted octanol–water partition coefficient (Wildman–Crippen LogP) is -1.57. The minimum Gasteiger partial charge on any atom is -0.454 e. The van der Waals surface area contributed by atoms with Gasteiger partial charge in [0.1, 0.15) is 12.9 Å². The van der Waals surface area contributed by atoms with Crippen LogP contribution in [-0.4, -0.2) is 39.8 Å². The van der Waals surface area contributed by atoms with Gasteiger partial charge in [0.25, 0.3) is 5.91 Å². The highest BCUT2D eigenvalue weighted by molar-refractivity contribution is 5.80. The lowest BCUT2D eigenvalue weighted by molar-refractivity contribution is -0.149. The van der Waals surface area contributed by atoms with Crippen LogP contribution in [0.3, 0.4) is 0 Å². The van der Waals surface area contributed by atoms with Crippen LogP contribution in [0, 0.1) is 11.3 Å². The summed E-state index contributed by atoms with van der Waals surface area (Å²) in [5.41, 5.74) is 5.26. The first kappa shape index (κ1) is 13.4. The topological polar surface area (TPSA) is 136 Å². The third-order valence-corrected chi connectivity index (χ3v) is 1.77. The number of anilines is 1. The number of nitrogens with one attached hydrogen (secondary N) is 1. The number of nitrogen functional groups attached to an aromatic ring is 1. The quantitative estimate of drug-likeness (QED) is 0.461. The Bertz CT molecular complexity index is 463. The molecule has 0 bridgehead atoms. The first-order valence-electron chi connectivity index (χ1n) is 5.06. The zero-order valence-electron chi connectivity index (χ0n) is 9.50. The summed E-state index contributed by atoms with van der Waals surface area (Å²) < 4.78 is 5.88. The van der Waals surface area contributed by atoms with E-state index in [-0.39, 0.29) is 25.5 Å². The molecule has 96 valence electrons. The maximum atomic E-state index is 11.3. The van der Waals surface area contributed by atoms with Crippen LogP contribution in [0.15, 0.2) is 6.33 Å². The van der Waals surface area contributed by atoms with Crippen molar-refractivity contribution in [2.75, 3.05) is 18.9 Å². The molecule has 0 atom stereocenters. The zero-order chi connectivity index (χ0) is 13.4. The molecule has 18 heavy (non-hydrogen) atoms. The van der Waals surface area contributed by atoms with Crippen molar-refractivity contribution in [2.24, 2.45) is 0 Å². The Hall–Kier alpha value is -2.63. The van der Waals surface area contributed by atoms with E-state index in [1.165, 1.54) is 11.0 Å². The molecule has 3 N–H and O–H groups in total. The number of nitrogens with two attached hydrogens (primary N) is 1. The van der Waals surface area contributed by atoms with Crippen molar-refractivity contribution in [1.29, 1.82) is 5.26 Å². The third-order valence-electron chi connectivity index (χ3n) is 1.77. The fourth-order valence-corrected chi connectivity index (χ4v) is 1.02. The maximum absolute atomic E-state index is 11.3. The van der Waals surface area contributed by atoms with E-state index in [2.05, 4.69) is 20.1 Å². The molecule has 1 aromatic heterocycles. The van der Waals surface area contributed by atoms with Crippen molar-refractivity contribution >= 4 is 17.8 Å². The van der Waals surface area contributed by atoms with E-state index in [9.17, 15) is 9.59 Å². The molecule has 0 saturated carbocycles. The Morgan fingerprint density at radius 3 is 3.00 bits per heavy atom. The Morgan fingerprint density at radius 2 is 2.39 bits per heavy atom. The van der Waals surface area contributed by atoms with E-state index in [1.54, 1.807) is 0 Å². The van der Waals surface area contributed by atoms with Gasteiger partial charge in [-0.25, -0.2) is 9.67 Å². The third kappa shape index (κ3) is 4.93. The Balaban J connectivity index is 2.21. The number of carbonyl (C=O) groups excluding carboxylic acids is 2. The Labute approximate surface area is 103 Å². The molecule has 0 aromatic carbocycles. The van der Waals surface area contributed by atoms with Crippen LogP contribution in [0.1, 0.15) is 6.42 Å². The molecule has 0 unspecified atom stereocenters. The summed E-state index contributed by atoms with van der Waals surface area (Å²) >= 11 is 0. The van der Waals surface area contributed by atoms with Gasteiger partial charge in [0.15, 0.2) is 6.61 Å². The smallest absolute Gasteiger partial charge is 0.328 e. The molecule has 1 aromatic rings. The van der Waals surface area contributed by atoms with E-state index >= 15 is 0 Å². The van der Waals surface area contributed by atoms with Crippen LogP contribution >= 0.6 is 0 Å². The number of esters is 1. The van der Waals surface area contributed by atoms with Crippen LogP contribution in [0.4, 0.5) is 5.95 Å². The second-order valence-electron chi connectivity index (χ2n) is 3.22. The highest BCUT2D eigenvalue weighted by atomic mass is 16.5. The molecule has 0 aliphatic heterocycles. The van der Waals surface area contributed by atoms with E-state index in [0.717, 1.165) is 0 Å². The van der Waals surface area contributed by atoms with Gasteiger partial charge in [-0.1, -0.05) is 0 Å². The lowest BCUT2D eigenvalue weighted by Gasteiger charge is -2.04. The van der Waals surface area contributed by atoms with Gasteiger partial charge in [0.05, 0.1) is 12.5 Å². The van der Waals surface area contributed by atoms with Crippen LogP contribution in [0.2, 0.25) is 0 Å². The minimum atomic E-state index is -0.629. The van der Waals surface area contributed by atoms with Gasteiger partial charge in [-0.15, -0.1) is 5.10 Å². The second-order valence-corrected chi connectivity index (χ2v) is 3.22. The molecule has 1 amide bonds. The number of amides is 1. The van der Waals surface area contributed by atoms with E-state index in [0.29, 0.717) is 0 Å². The van der Waals surface area contributed by atoms with Gasteiger partial charge < -0.3 is 15.8 Å². The van der Waals surface area contributed by atoms with Crippen LogP contribution in [-0.2, 0) is 20.9 Å². The van der Waals surface area contributed by atoms with Crippen LogP contribution in [0.25, 0.3) is 0 Å². The van der Waals surface area contributed by atoms with E-state index < -0.39 is 18.5 Å². The first-order valence-corrected chi connectivity index (χ1v) is 5.06. The normalized spacial score (nSPS) is 9.50. The number of nitrogens with zero attached hydrogens (tertiary/aromatic N) is 4. The fraction of sp³-hybridized carbons (Fsp3) is 0.444. The number of rotatable bonds is 6. The number of carbonyl (C=O) groups is 2. The lowest BCUT2D eigenvalue weighted by atomic mass is 10.4. The number of hydrogen-bond acceptors (Lipinski definition) is 7. The monoisotopic (exact) mass is 252 g/mol. The summed E-state index contributed by atoms with van der Waals surface area (Å²) in [6, 6.07) is 1.87. The van der Waals surface area contributed by atoms with Crippen molar-refractivity contribution in [2.45, 2.75) is 13.0 Å². The first-order chi connectivity index (χ1) is 8.61. The van der Waals surface area contributed by atoms with Crippen molar-refractivity contribution in [3.05, 3.63) is 6.33 Å². The summed E-state index contributed by atoms with van der Waals surface area (Å²) in [6.45, 7) is -0.337. The standard InChI is InChI=1S/C9H12N6O3/c10-2-1-3-12-7(16)5-18-8(17)4-15-6-13-9(11)14-15/h6H,1,3-5H2,(H2,11,14)(H,12,16). The summed E-state index contributed by atoms with van der Waals surface area (Å²) in [4.78, 5) is 26.0. The fourth-order valence-electron chi connectivity index (χ4n) is 1.02. The molecule has 1 rings (SSSR count). The van der Waals surface area contributed by atoms with Gasteiger partial charge in [0, 0.05) is 6.54 Å². The average molecular weight is 252 g/mol. The minimum absolute atomic E-state index is 0.0528. The van der Waals surface area contributed by atoms with Gasteiger partial charge in [-0.3, -0.25) is 9.59 Å². The molecule has 0 saturated heterocycles. The molecule has 0 fully saturated rings. The molecule has 0 aliphatic carbocycles. The molecule has 1 heterocycles. The van der Waals surface area contributed by atoms with Crippen molar-refractivity contribution in [3.8, 4) is 6.07 Å². The second kappa shape index (κ2) is 6.85. The largest absolute Gasteiger partial charge is 0.454 e. The number of ether oxygens (including phenoxy) is 1.